The number of aromatic nitrogens is 1. The monoisotopic (exact) mass is 233 g/mol. The number of nitrogen functional groups attached to an aromatic ring is 1. The van der Waals surface area contributed by atoms with Crippen LogP contribution in [0, 0.1) is 0 Å². The first kappa shape index (κ1) is 11.0. The van der Waals surface area contributed by atoms with Crippen LogP contribution < -0.4 is 10.6 Å². The van der Waals surface area contributed by atoms with Crippen molar-refractivity contribution in [3.63, 3.8) is 0 Å². The van der Waals surface area contributed by atoms with Crippen molar-refractivity contribution in [1.82, 2.24) is 4.98 Å². The van der Waals surface area contributed by atoms with E-state index in [2.05, 4.69) is 22.9 Å². The van der Waals surface area contributed by atoms with Gasteiger partial charge in [0.05, 0.1) is 6.04 Å². The molecule has 16 heavy (non-hydrogen) atoms. The number of nitrogens with zero attached hydrogens (tertiary/aromatic N) is 2. The molecule has 0 aliphatic rings. The molecule has 1 atom stereocenters. The number of nitrogens with two attached hydrogens (primary N) is 1. The minimum absolute atomic E-state index is 0.273. The lowest BCUT2D eigenvalue weighted by Gasteiger charge is -2.24. The Labute approximate surface area is 99.5 Å². The van der Waals surface area contributed by atoms with Gasteiger partial charge in [-0.3, -0.25) is 0 Å². The standard InChI is InChI=1S/C12H15N3S/c1-9(10-4-3-5-11(13)8-10)15(2)12-14-6-7-16-12/h3-9H,13H2,1-2H3. The predicted octanol–water partition coefficient (Wildman–Crippen LogP) is 2.92. The largest absolute Gasteiger partial charge is 0.399 e. The Bertz CT molecular complexity index is 453. The molecule has 0 radical (unpaired) electrons. The topological polar surface area (TPSA) is 42.1 Å². The highest BCUT2D eigenvalue weighted by atomic mass is 32.1. The molecule has 0 spiro atoms. The molecule has 0 amide bonds. The normalized spacial score (nSPS) is 12.4. The van der Waals surface area contributed by atoms with Gasteiger partial charge in [0, 0.05) is 24.3 Å². The summed E-state index contributed by atoms with van der Waals surface area (Å²) < 4.78 is 0. The van der Waals surface area contributed by atoms with Crippen LogP contribution in [-0.2, 0) is 0 Å². The minimum Gasteiger partial charge on any atom is -0.399 e. The predicted molar refractivity (Wildman–Crippen MR) is 69.8 cm³/mol. The van der Waals surface area contributed by atoms with Gasteiger partial charge in [0.2, 0.25) is 0 Å². The van der Waals surface area contributed by atoms with Crippen molar-refractivity contribution in [1.29, 1.82) is 0 Å². The number of anilines is 2. The van der Waals surface area contributed by atoms with Crippen molar-refractivity contribution in [2.45, 2.75) is 13.0 Å². The lowest BCUT2D eigenvalue weighted by atomic mass is 10.1. The van der Waals surface area contributed by atoms with Crippen LogP contribution in [0.3, 0.4) is 0 Å². The molecule has 1 unspecified atom stereocenters. The molecule has 0 fully saturated rings. The van der Waals surface area contributed by atoms with Crippen LogP contribution in [0.4, 0.5) is 10.8 Å². The third-order valence-corrected chi connectivity index (χ3v) is 3.56. The van der Waals surface area contributed by atoms with Crippen LogP contribution in [0.15, 0.2) is 35.8 Å². The van der Waals surface area contributed by atoms with Gasteiger partial charge in [-0.1, -0.05) is 12.1 Å². The zero-order valence-electron chi connectivity index (χ0n) is 9.42. The Morgan fingerprint density at radius 2 is 2.25 bits per heavy atom. The Hall–Kier alpha value is -1.55. The number of hydrogen-bond acceptors (Lipinski definition) is 4. The van der Waals surface area contributed by atoms with Gasteiger partial charge in [-0.05, 0) is 24.6 Å². The van der Waals surface area contributed by atoms with Crippen molar-refractivity contribution in [3.05, 3.63) is 41.4 Å². The lowest BCUT2D eigenvalue weighted by Crippen LogP contribution is -2.21. The Morgan fingerprint density at radius 1 is 1.44 bits per heavy atom. The van der Waals surface area contributed by atoms with Crippen molar-refractivity contribution in [2.75, 3.05) is 17.7 Å². The molecule has 0 aliphatic heterocycles. The first-order valence-electron chi connectivity index (χ1n) is 5.16. The third-order valence-electron chi connectivity index (χ3n) is 2.70. The summed E-state index contributed by atoms with van der Waals surface area (Å²) in [6.07, 6.45) is 1.82. The molecule has 1 heterocycles. The molecule has 84 valence electrons. The first-order chi connectivity index (χ1) is 7.68. The van der Waals surface area contributed by atoms with Gasteiger partial charge in [-0.25, -0.2) is 4.98 Å². The molecule has 4 heteroatoms. The van der Waals surface area contributed by atoms with E-state index in [0.29, 0.717) is 0 Å². The maximum atomic E-state index is 5.78. The van der Waals surface area contributed by atoms with E-state index in [4.69, 9.17) is 5.73 Å². The van der Waals surface area contributed by atoms with E-state index >= 15 is 0 Å². The third kappa shape index (κ3) is 2.17. The van der Waals surface area contributed by atoms with Gasteiger partial charge < -0.3 is 10.6 Å². The Morgan fingerprint density at radius 3 is 2.88 bits per heavy atom. The second kappa shape index (κ2) is 4.53. The average Bonchev–Trinajstić information content (AvgIpc) is 2.80. The first-order valence-corrected chi connectivity index (χ1v) is 6.04. The molecule has 2 aromatic rings. The summed E-state index contributed by atoms with van der Waals surface area (Å²) in [4.78, 5) is 6.45. The molecule has 1 aromatic carbocycles. The number of hydrogen-bond donors (Lipinski definition) is 1. The summed E-state index contributed by atoms with van der Waals surface area (Å²) in [6.45, 7) is 2.15. The molecular weight excluding hydrogens is 218 g/mol. The summed E-state index contributed by atoms with van der Waals surface area (Å²) in [6, 6.07) is 8.26. The number of benzene rings is 1. The van der Waals surface area contributed by atoms with E-state index in [-0.39, 0.29) is 6.04 Å². The minimum atomic E-state index is 0.273. The van der Waals surface area contributed by atoms with Gasteiger partial charge in [-0.2, -0.15) is 0 Å². The second-order valence-corrected chi connectivity index (χ2v) is 4.64. The van der Waals surface area contributed by atoms with Gasteiger partial charge in [0.15, 0.2) is 5.13 Å². The van der Waals surface area contributed by atoms with E-state index in [1.165, 1.54) is 5.56 Å². The maximum absolute atomic E-state index is 5.78. The second-order valence-electron chi connectivity index (χ2n) is 3.77. The zero-order valence-corrected chi connectivity index (χ0v) is 10.2. The maximum Gasteiger partial charge on any atom is 0.185 e. The molecule has 1 aromatic heterocycles. The molecule has 0 bridgehead atoms. The fraction of sp³-hybridized carbons (Fsp3) is 0.250. The van der Waals surface area contributed by atoms with Gasteiger partial charge in [0.25, 0.3) is 0 Å². The smallest absolute Gasteiger partial charge is 0.185 e. The van der Waals surface area contributed by atoms with E-state index in [0.717, 1.165) is 10.8 Å². The Balaban J connectivity index is 2.22. The average molecular weight is 233 g/mol. The fourth-order valence-electron chi connectivity index (χ4n) is 1.60. The van der Waals surface area contributed by atoms with Gasteiger partial charge >= 0.3 is 0 Å². The zero-order chi connectivity index (χ0) is 11.5. The SMILES string of the molecule is CC(c1cccc(N)c1)N(C)c1nccs1. The highest BCUT2D eigenvalue weighted by molar-refractivity contribution is 7.13. The molecular formula is C12H15N3S. The van der Waals surface area contributed by atoms with Gasteiger partial charge in [0.1, 0.15) is 0 Å². The van der Waals surface area contributed by atoms with Crippen molar-refractivity contribution in [2.24, 2.45) is 0 Å². The van der Waals surface area contributed by atoms with Crippen LogP contribution in [0.5, 0.6) is 0 Å². The molecule has 0 saturated carbocycles. The van der Waals surface area contributed by atoms with Crippen LogP contribution in [0.1, 0.15) is 18.5 Å². The van der Waals surface area contributed by atoms with Crippen LogP contribution in [0.2, 0.25) is 0 Å². The van der Waals surface area contributed by atoms with Crippen molar-refractivity contribution in [3.8, 4) is 0 Å². The summed E-state index contributed by atoms with van der Waals surface area (Å²) in [5, 5.41) is 3.01. The Kier molecular flexibility index (Phi) is 3.10. The van der Waals surface area contributed by atoms with E-state index in [1.807, 2.05) is 36.8 Å². The van der Waals surface area contributed by atoms with E-state index in [9.17, 15) is 0 Å². The fourth-order valence-corrected chi connectivity index (χ4v) is 2.29. The highest BCUT2D eigenvalue weighted by Crippen LogP contribution is 2.27. The van der Waals surface area contributed by atoms with Crippen LogP contribution >= 0.6 is 11.3 Å². The summed E-state index contributed by atoms with van der Waals surface area (Å²) in [5.41, 5.74) is 7.79. The van der Waals surface area contributed by atoms with E-state index in [1.54, 1.807) is 11.3 Å². The summed E-state index contributed by atoms with van der Waals surface area (Å²) >= 11 is 1.64. The van der Waals surface area contributed by atoms with Crippen LogP contribution in [0.25, 0.3) is 0 Å². The van der Waals surface area contributed by atoms with E-state index < -0.39 is 0 Å². The summed E-state index contributed by atoms with van der Waals surface area (Å²) in [7, 11) is 2.05. The lowest BCUT2D eigenvalue weighted by molar-refractivity contribution is 0.737. The van der Waals surface area contributed by atoms with Crippen molar-refractivity contribution >= 4 is 22.2 Å². The van der Waals surface area contributed by atoms with Crippen molar-refractivity contribution < 1.29 is 0 Å². The molecule has 2 N–H and O–H groups in total. The number of rotatable bonds is 3. The van der Waals surface area contributed by atoms with Gasteiger partial charge in [-0.15, -0.1) is 11.3 Å². The molecule has 3 nitrogen and oxygen atoms in total. The quantitative estimate of drug-likeness (QED) is 0.829. The summed E-state index contributed by atoms with van der Waals surface area (Å²) in [5.74, 6) is 0. The highest BCUT2D eigenvalue weighted by Gasteiger charge is 2.13. The molecule has 2 rings (SSSR count). The van der Waals surface area contributed by atoms with Crippen LogP contribution in [-0.4, -0.2) is 12.0 Å². The molecule has 0 aliphatic carbocycles. The number of thiazole rings is 1. The molecule has 0 saturated heterocycles.